The maximum absolute atomic E-state index is 13.2. The first-order chi connectivity index (χ1) is 14.4. The zero-order valence-corrected chi connectivity index (χ0v) is 18.3. The molecule has 0 aromatic heterocycles. The van der Waals surface area contributed by atoms with Gasteiger partial charge in [-0.2, -0.15) is 13.2 Å². The van der Waals surface area contributed by atoms with Gasteiger partial charge in [0.25, 0.3) is 0 Å². The SMILES string of the molecule is COc1ccc(S(=O)(=O)c2cccc(Cl)c2)cc1C1CN(C)CCN1C(=O)C(F)(F)F. The molecule has 0 radical (unpaired) electrons. The minimum Gasteiger partial charge on any atom is -0.496 e. The van der Waals surface area contributed by atoms with Crippen LogP contribution in [0.2, 0.25) is 5.02 Å². The van der Waals surface area contributed by atoms with Crippen LogP contribution in [0.15, 0.2) is 52.3 Å². The third-order valence-corrected chi connectivity index (χ3v) is 7.05. The Morgan fingerprint density at radius 2 is 1.81 bits per heavy atom. The Morgan fingerprint density at radius 3 is 2.42 bits per heavy atom. The molecule has 1 aliphatic heterocycles. The number of nitrogens with zero attached hydrogens (tertiary/aromatic N) is 2. The van der Waals surface area contributed by atoms with Crippen molar-refractivity contribution >= 4 is 27.3 Å². The number of methoxy groups -OCH3 is 1. The van der Waals surface area contributed by atoms with Gasteiger partial charge in [0.2, 0.25) is 9.84 Å². The molecule has 0 aliphatic carbocycles. The van der Waals surface area contributed by atoms with Crippen LogP contribution >= 0.6 is 11.6 Å². The highest BCUT2D eigenvalue weighted by atomic mass is 35.5. The molecule has 1 fully saturated rings. The number of sulfone groups is 1. The van der Waals surface area contributed by atoms with Crippen LogP contribution < -0.4 is 4.74 Å². The average Bonchev–Trinajstić information content (AvgIpc) is 2.72. The smallest absolute Gasteiger partial charge is 0.471 e. The molecule has 11 heteroatoms. The molecule has 3 rings (SSSR count). The molecule has 0 bridgehead atoms. The lowest BCUT2D eigenvalue weighted by Crippen LogP contribution is -2.53. The number of piperazine rings is 1. The Labute approximate surface area is 183 Å². The molecule has 1 saturated heterocycles. The van der Waals surface area contributed by atoms with Crippen molar-refractivity contribution in [3.05, 3.63) is 53.1 Å². The zero-order valence-electron chi connectivity index (χ0n) is 16.7. The number of likely N-dealkylation sites (N-methyl/N-ethyl adjacent to an activating group) is 1. The summed E-state index contributed by atoms with van der Waals surface area (Å²) in [5, 5.41) is 0.227. The monoisotopic (exact) mass is 476 g/mol. The van der Waals surface area contributed by atoms with Crippen LogP contribution in [0, 0.1) is 0 Å². The fourth-order valence-corrected chi connectivity index (χ4v) is 5.10. The number of amides is 1. The third kappa shape index (κ3) is 4.81. The number of hydrogen-bond acceptors (Lipinski definition) is 5. The lowest BCUT2D eigenvalue weighted by Gasteiger charge is -2.40. The number of halogens is 4. The van der Waals surface area contributed by atoms with Crippen molar-refractivity contribution in [2.75, 3.05) is 33.8 Å². The molecule has 1 unspecified atom stereocenters. The molecule has 2 aromatic rings. The number of alkyl halides is 3. The van der Waals surface area contributed by atoms with Crippen LogP contribution in [0.5, 0.6) is 5.75 Å². The molecule has 31 heavy (non-hydrogen) atoms. The molecular formula is C20H20ClF3N2O4S. The number of rotatable bonds is 4. The van der Waals surface area contributed by atoms with Crippen molar-refractivity contribution in [3.8, 4) is 5.75 Å². The Kier molecular flexibility index (Phi) is 6.54. The van der Waals surface area contributed by atoms with Gasteiger partial charge < -0.3 is 14.5 Å². The first-order valence-corrected chi connectivity index (χ1v) is 11.1. The van der Waals surface area contributed by atoms with Gasteiger partial charge in [0.05, 0.1) is 22.9 Å². The number of ether oxygens (including phenoxy) is 1. The van der Waals surface area contributed by atoms with E-state index in [0.717, 1.165) is 0 Å². The molecule has 168 valence electrons. The summed E-state index contributed by atoms with van der Waals surface area (Å²) in [7, 11) is -0.971. The predicted octanol–water partition coefficient (Wildman–Crippen LogP) is 3.56. The number of hydrogen-bond donors (Lipinski definition) is 0. The average molecular weight is 477 g/mol. The third-order valence-electron chi connectivity index (χ3n) is 5.06. The highest BCUT2D eigenvalue weighted by Crippen LogP contribution is 2.37. The topological polar surface area (TPSA) is 66.9 Å². The van der Waals surface area contributed by atoms with E-state index < -0.39 is 28.0 Å². The Bertz CT molecular complexity index is 1090. The molecule has 1 aliphatic rings. The van der Waals surface area contributed by atoms with Gasteiger partial charge >= 0.3 is 12.1 Å². The van der Waals surface area contributed by atoms with E-state index in [-0.39, 0.29) is 45.8 Å². The predicted molar refractivity (Wildman–Crippen MR) is 108 cm³/mol. The summed E-state index contributed by atoms with van der Waals surface area (Å²) in [6.45, 7) is 0.175. The number of benzene rings is 2. The molecule has 0 spiro atoms. The van der Waals surface area contributed by atoms with E-state index in [0.29, 0.717) is 4.90 Å². The highest BCUT2D eigenvalue weighted by Gasteiger charge is 2.46. The quantitative estimate of drug-likeness (QED) is 0.675. The Balaban J connectivity index is 2.12. The van der Waals surface area contributed by atoms with Crippen molar-refractivity contribution in [2.24, 2.45) is 0 Å². The zero-order chi connectivity index (χ0) is 23.0. The molecule has 1 heterocycles. The minimum atomic E-state index is -5.05. The van der Waals surface area contributed by atoms with Gasteiger partial charge in [-0.15, -0.1) is 0 Å². The Hall–Kier alpha value is -2.30. The Morgan fingerprint density at radius 1 is 1.13 bits per heavy atom. The maximum atomic E-state index is 13.2. The van der Waals surface area contributed by atoms with Gasteiger partial charge in [-0.05, 0) is 43.4 Å². The molecular weight excluding hydrogens is 457 g/mol. The van der Waals surface area contributed by atoms with Gasteiger partial charge in [0.1, 0.15) is 5.75 Å². The molecule has 6 nitrogen and oxygen atoms in total. The van der Waals surface area contributed by atoms with Gasteiger partial charge in [-0.25, -0.2) is 8.42 Å². The van der Waals surface area contributed by atoms with Crippen LogP contribution in [0.4, 0.5) is 13.2 Å². The van der Waals surface area contributed by atoms with Crippen molar-refractivity contribution in [2.45, 2.75) is 22.0 Å². The maximum Gasteiger partial charge on any atom is 0.471 e. The van der Waals surface area contributed by atoms with E-state index in [1.54, 1.807) is 11.9 Å². The normalized spacial score (nSPS) is 18.1. The van der Waals surface area contributed by atoms with Crippen molar-refractivity contribution in [1.29, 1.82) is 0 Å². The molecule has 1 atom stereocenters. The van der Waals surface area contributed by atoms with Crippen molar-refractivity contribution in [3.63, 3.8) is 0 Å². The standard InChI is InChI=1S/C20H20ClF3N2O4S/c1-25-8-9-26(19(27)20(22,23)24)17(12-25)16-11-15(6-7-18(16)30-2)31(28,29)14-5-3-4-13(21)10-14/h3-7,10-11,17H,8-9,12H2,1-2H3. The second-order valence-corrected chi connectivity index (χ2v) is 9.53. The second-order valence-electron chi connectivity index (χ2n) is 7.14. The first kappa shape index (κ1) is 23.4. The van der Waals surface area contributed by atoms with E-state index >= 15 is 0 Å². The van der Waals surface area contributed by atoms with Gasteiger partial charge in [-0.1, -0.05) is 17.7 Å². The lowest BCUT2D eigenvalue weighted by molar-refractivity contribution is -0.190. The van der Waals surface area contributed by atoms with Gasteiger partial charge in [-0.3, -0.25) is 4.79 Å². The van der Waals surface area contributed by atoms with E-state index in [4.69, 9.17) is 16.3 Å². The van der Waals surface area contributed by atoms with Gasteiger partial charge in [0.15, 0.2) is 0 Å². The summed E-state index contributed by atoms with van der Waals surface area (Å²) < 4.78 is 71.0. The summed E-state index contributed by atoms with van der Waals surface area (Å²) in [6, 6.07) is 8.57. The van der Waals surface area contributed by atoms with E-state index in [1.807, 2.05) is 0 Å². The lowest BCUT2D eigenvalue weighted by atomic mass is 10.0. The summed E-state index contributed by atoms with van der Waals surface area (Å²) in [6.07, 6.45) is -5.05. The van der Waals surface area contributed by atoms with Crippen LogP contribution in [-0.2, 0) is 14.6 Å². The van der Waals surface area contributed by atoms with E-state index in [1.165, 1.54) is 49.6 Å². The molecule has 0 saturated carbocycles. The molecule has 2 aromatic carbocycles. The second kappa shape index (κ2) is 8.68. The summed E-state index contributed by atoms with van der Waals surface area (Å²) in [4.78, 5) is 14.3. The van der Waals surface area contributed by atoms with Crippen molar-refractivity contribution < 1.29 is 31.1 Å². The van der Waals surface area contributed by atoms with Crippen molar-refractivity contribution in [1.82, 2.24) is 9.80 Å². The van der Waals surface area contributed by atoms with E-state index in [2.05, 4.69) is 0 Å². The number of carbonyl (C=O) groups is 1. The van der Waals surface area contributed by atoms with Crippen LogP contribution in [0.1, 0.15) is 11.6 Å². The van der Waals surface area contributed by atoms with Gasteiger partial charge in [0, 0.05) is 30.2 Å². The number of carbonyl (C=O) groups excluding carboxylic acids is 1. The minimum absolute atomic E-state index is 0.0555. The highest BCUT2D eigenvalue weighted by molar-refractivity contribution is 7.91. The molecule has 0 N–H and O–H groups in total. The van der Waals surface area contributed by atoms with Crippen LogP contribution in [0.3, 0.4) is 0 Å². The summed E-state index contributed by atoms with van der Waals surface area (Å²) in [5.41, 5.74) is 0.176. The summed E-state index contributed by atoms with van der Waals surface area (Å²) >= 11 is 5.91. The largest absolute Gasteiger partial charge is 0.496 e. The summed E-state index contributed by atoms with van der Waals surface area (Å²) in [5.74, 6) is -1.79. The fourth-order valence-electron chi connectivity index (χ4n) is 3.50. The first-order valence-electron chi connectivity index (χ1n) is 9.20. The van der Waals surface area contributed by atoms with E-state index in [9.17, 15) is 26.4 Å². The van der Waals surface area contributed by atoms with Crippen LogP contribution in [-0.4, -0.2) is 64.1 Å². The molecule has 1 amide bonds. The van der Waals surface area contributed by atoms with Crippen LogP contribution in [0.25, 0.3) is 0 Å². The fraction of sp³-hybridized carbons (Fsp3) is 0.350.